The van der Waals surface area contributed by atoms with Gasteiger partial charge in [-0.1, -0.05) is 48.5 Å². The Hall–Kier alpha value is -2.94. The lowest BCUT2D eigenvalue weighted by Gasteiger charge is -2.13. The maximum atomic E-state index is 4.65. The van der Waals surface area contributed by atoms with Crippen molar-refractivity contribution in [3.8, 4) is 0 Å². The van der Waals surface area contributed by atoms with Gasteiger partial charge < -0.3 is 4.57 Å². The van der Waals surface area contributed by atoms with Gasteiger partial charge in [-0.15, -0.1) is 0 Å². The van der Waals surface area contributed by atoms with Crippen LogP contribution in [0.25, 0.3) is 10.8 Å². The first-order chi connectivity index (χ1) is 11.8. The molecule has 0 amide bonds. The Morgan fingerprint density at radius 3 is 2.62 bits per heavy atom. The molecule has 0 radical (unpaired) electrons. The van der Waals surface area contributed by atoms with Crippen molar-refractivity contribution in [2.24, 2.45) is 0 Å². The molecule has 118 valence electrons. The Morgan fingerprint density at radius 1 is 1.00 bits per heavy atom. The number of rotatable bonds is 4. The van der Waals surface area contributed by atoms with Gasteiger partial charge in [0, 0.05) is 30.7 Å². The highest BCUT2D eigenvalue weighted by Crippen LogP contribution is 2.19. The minimum absolute atomic E-state index is 0.245. The molecular formula is C21H19N3. The van der Waals surface area contributed by atoms with Crippen LogP contribution in [0.1, 0.15) is 29.8 Å². The van der Waals surface area contributed by atoms with E-state index in [9.17, 15) is 0 Å². The minimum Gasteiger partial charge on any atom is -0.330 e. The standard InChI is InChI=1S/C21H19N3/c1-16(24-11-10-22-15-24)20-8-9-21(23-14-20)13-17-6-7-18-4-2-3-5-19(18)12-17/h2-12,14-16H,13H2,1H3. The highest BCUT2D eigenvalue weighted by molar-refractivity contribution is 5.83. The van der Waals surface area contributed by atoms with Gasteiger partial charge in [-0.25, -0.2) is 4.98 Å². The Kier molecular flexibility index (Phi) is 3.83. The molecule has 0 aliphatic carbocycles. The summed E-state index contributed by atoms with van der Waals surface area (Å²) in [5.41, 5.74) is 3.57. The van der Waals surface area contributed by atoms with E-state index in [-0.39, 0.29) is 6.04 Å². The first kappa shape index (κ1) is 14.6. The summed E-state index contributed by atoms with van der Waals surface area (Å²) in [4.78, 5) is 8.76. The Morgan fingerprint density at radius 2 is 1.88 bits per heavy atom. The second kappa shape index (κ2) is 6.28. The zero-order valence-corrected chi connectivity index (χ0v) is 13.6. The Labute approximate surface area is 141 Å². The lowest BCUT2D eigenvalue weighted by molar-refractivity contribution is 0.635. The number of imidazole rings is 1. The van der Waals surface area contributed by atoms with Crippen LogP contribution < -0.4 is 0 Å². The summed E-state index contributed by atoms with van der Waals surface area (Å²) >= 11 is 0. The molecule has 0 fully saturated rings. The molecule has 2 aromatic carbocycles. The molecule has 1 unspecified atom stereocenters. The van der Waals surface area contributed by atoms with Crippen molar-refractivity contribution in [1.29, 1.82) is 0 Å². The third kappa shape index (κ3) is 2.93. The largest absolute Gasteiger partial charge is 0.330 e. The Balaban J connectivity index is 1.54. The predicted octanol–water partition coefficient (Wildman–Crippen LogP) is 4.63. The summed E-state index contributed by atoms with van der Waals surface area (Å²) in [6, 6.07) is 19.6. The molecule has 0 N–H and O–H groups in total. The van der Waals surface area contributed by atoms with Gasteiger partial charge in [0.25, 0.3) is 0 Å². The van der Waals surface area contributed by atoms with Gasteiger partial charge in [0.2, 0.25) is 0 Å². The fourth-order valence-corrected chi connectivity index (χ4v) is 3.02. The molecular weight excluding hydrogens is 294 g/mol. The van der Waals surface area contributed by atoms with E-state index < -0.39 is 0 Å². The molecule has 3 nitrogen and oxygen atoms in total. The van der Waals surface area contributed by atoms with Gasteiger partial charge >= 0.3 is 0 Å². The van der Waals surface area contributed by atoms with Crippen LogP contribution in [0.5, 0.6) is 0 Å². The molecule has 0 aliphatic heterocycles. The summed E-state index contributed by atoms with van der Waals surface area (Å²) in [6.07, 6.45) is 8.45. The van der Waals surface area contributed by atoms with Crippen molar-refractivity contribution < 1.29 is 0 Å². The summed E-state index contributed by atoms with van der Waals surface area (Å²) in [5.74, 6) is 0. The fourth-order valence-electron chi connectivity index (χ4n) is 3.02. The van der Waals surface area contributed by atoms with Crippen molar-refractivity contribution in [3.63, 3.8) is 0 Å². The van der Waals surface area contributed by atoms with Crippen LogP contribution in [-0.4, -0.2) is 14.5 Å². The molecule has 4 rings (SSSR count). The summed E-state index contributed by atoms with van der Waals surface area (Å²) < 4.78 is 2.08. The third-order valence-corrected chi connectivity index (χ3v) is 4.50. The molecule has 24 heavy (non-hydrogen) atoms. The van der Waals surface area contributed by atoms with E-state index in [1.165, 1.54) is 21.9 Å². The van der Waals surface area contributed by atoms with E-state index in [1.54, 1.807) is 6.20 Å². The molecule has 1 atom stereocenters. The number of fused-ring (bicyclic) bond motifs is 1. The third-order valence-electron chi connectivity index (χ3n) is 4.50. The lowest BCUT2D eigenvalue weighted by Crippen LogP contribution is -2.05. The number of hydrogen-bond donors (Lipinski definition) is 0. The molecule has 0 saturated carbocycles. The van der Waals surface area contributed by atoms with Crippen molar-refractivity contribution in [3.05, 3.63) is 96.3 Å². The van der Waals surface area contributed by atoms with E-state index >= 15 is 0 Å². The van der Waals surface area contributed by atoms with Gasteiger partial charge in [-0.3, -0.25) is 4.98 Å². The van der Waals surface area contributed by atoms with Gasteiger partial charge in [0.15, 0.2) is 0 Å². The number of pyridine rings is 1. The molecule has 0 spiro atoms. The summed E-state index contributed by atoms with van der Waals surface area (Å²) in [6.45, 7) is 2.15. The summed E-state index contributed by atoms with van der Waals surface area (Å²) in [5, 5.41) is 2.55. The average Bonchev–Trinajstić information content (AvgIpc) is 3.16. The molecule has 2 aromatic heterocycles. The first-order valence-corrected chi connectivity index (χ1v) is 8.19. The van der Waals surface area contributed by atoms with Crippen molar-refractivity contribution in [2.75, 3.05) is 0 Å². The number of hydrogen-bond acceptors (Lipinski definition) is 2. The van der Waals surface area contributed by atoms with Gasteiger partial charge in [-0.2, -0.15) is 0 Å². The molecule has 4 aromatic rings. The maximum Gasteiger partial charge on any atom is 0.0951 e. The Bertz CT molecular complexity index is 940. The highest BCUT2D eigenvalue weighted by atomic mass is 15.0. The SMILES string of the molecule is CC(c1ccc(Cc2ccc3ccccc3c2)nc1)n1ccnc1. The number of aromatic nitrogens is 3. The van der Waals surface area contributed by atoms with Crippen LogP contribution in [-0.2, 0) is 6.42 Å². The smallest absolute Gasteiger partial charge is 0.0951 e. The topological polar surface area (TPSA) is 30.7 Å². The molecule has 2 heterocycles. The van der Waals surface area contributed by atoms with Crippen molar-refractivity contribution in [1.82, 2.24) is 14.5 Å². The van der Waals surface area contributed by atoms with Gasteiger partial charge in [0.1, 0.15) is 0 Å². The minimum atomic E-state index is 0.245. The van der Waals surface area contributed by atoms with E-state index in [2.05, 4.69) is 76.1 Å². The van der Waals surface area contributed by atoms with Crippen LogP contribution in [0, 0.1) is 0 Å². The van der Waals surface area contributed by atoms with Crippen molar-refractivity contribution >= 4 is 10.8 Å². The second-order valence-corrected chi connectivity index (χ2v) is 6.13. The normalized spacial score (nSPS) is 12.4. The van der Waals surface area contributed by atoms with E-state index in [0.717, 1.165) is 12.1 Å². The van der Waals surface area contributed by atoms with Crippen LogP contribution in [0.2, 0.25) is 0 Å². The van der Waals surface area contributed by atoms with Crippen LogP contribution in [0.4, 0.5) is 0 Å². The maximum absolute atomic E-state index is 4.65. The van der Waals surface area contributed by atoms with Gasteiger partial charge in [-0.05, 0) is 34.9 Å². The monoisotopic (exact) mass is 313 g/mol. The van der Waals surface area contributed by atoms with Crippen LogP contribution in [0.3, 0.4) is 0 Å². The lowest BCUT2D eigenvalue weighted by atomic mass is 10.0. The van der Waals surface area contributed by atoms with Crippen LogP contribution >= 0.6 is 0 Å². The predicted molar refractivity (Wildman–Crippen MR) is 97.0 cm³/mol. The second-order valence-electron chi connectivity index (χ2n) is 6.13. The molecule has 0 saturated heterocycles. The first-order valence-electron chi connectivity index (χ1n) is 8.19. The van der Waals surface area contributed by atoms with E-state index in [1.807, 2.05) is 18.7 Å². The zero-order chi connectivity index (χ0) is 16.4. The van der Waals surface area contributed by atoms with E-state index in [0.29, 0.717) is 0 Å². The quantitative estimate of drug-likeness (QED) is 0.550. The van der Waals surface area contributed by atoms with Gasteiger partial charge in [0.05, 0.1) is 12.4 Å². The average molecular weight is 313 g/mol. The molecule has 0 aliphatic rings. The van der Waals surface area contributed by atoms with E-state index in [4.69, 9.17) is 0 Å². The molecule has 3 heteroatoms. The number of nitrogens with zero attached hydrogens (tertiary/aromatic N) is 3. The molecule has 0 bridgehead atoms. The van der Waals surface area contributed by atoms with Crippen molar-refractivity contribution in [2.45, 2.75) is 19.4 Å². The highest BCUT2D eigenvalue weighted by Gasteiger charge is 2.08. The van der Waals surface area contributed by atoms with Crippen LogP contribution in [0.15, 0.2) is 79.5 Å². The zero-order valence-electron chi connectivity index (χ0n) is 13.6. The fraction of sp³-hybridized carbons (Fsp3) is 0.143. The number of benzene rings is 2. The summed E-state index contributed by atoms with van der Waals surface area (Å²) in [7, 11) is 0.